The number of carbonyl (C=O) groups excluding carboxylic acids is 2. The van der Waals surface area contributed by atoms with Gasteiger partial charge in [-0.1, -0.05) is 65.2 Å². The van der Waals surface area contributed by atoms with E-state index in [-0.39, 0.29) is 11.8 Å². The summed E-state index contributed by atoms with van der Waals surface area (Å²) in [7, 11) is 0. The van der Waals surface area contributed by atoms with Crippen LogP contribution in [0, 0.1) is 0 Å². The molecule has 0 aliphatic heterocycles. The first-order valence-electron chi connectivity index (χ1n) is 8.94. The van der Waals surface area contributed by atoms with Gasteiger partial charge in [0.2, 0.25) is 11.8 Å². The number of nitrogens with one attached hydrogen (secondary N) is 2. The Bertz CT molecular complexity index is 284. The molecule has 2 N–H and O–H groups in total. The van der Waals surface area contributed by atoms with Crippen molar-refractivity contribution in [3.63, 3.8) is 0 Å². The molecule has 0 atom stereocenters. The maximum absolute atomic E-state index is 11.5. The van der Waals surface area contributed by atoms with E-state index in [0.29, 0.717) is 13.1 Å². The van der Waals surface area contributed by atoms with Gasteiger partial charge in [-0.3, -0.25) is 9.59 Å². The first kappa shape index (κ1) is 20.7. The zero-order chi connectivity index (χ0) is 16.5. The highest BCUT2D eigenvalue weighted by atomic mass is 16.2. The van der Waals surface area contributed by atoms with Crippen LogP contribution in [0.25, 0.3) is 0 Å². The van der Waals surface area contributed by atoms with Crippen molar-refractivity contribution >= 4 is 11.8 Å². The second-order valence-corrected chi connectivity index (χ2v) is 5.74. The third-order valence-corrected chi connectivity index (χ3v) is 3.55. The molecule has 2 amide bonds. The molecule has 0 aromatic heterocycles. The molecule has 0 bridgehead atoms. The lowest BCUT2D eigenvalue weighted by Gasteiger charge is -2.03. The number of rotatable bonds is 14. The van der Waals surface area contributed by atoms with Crippen LogP contribution in [-0.4, -0.2) is 24.9 Å². The number of amides is 2. The number of hydrogen-bond acceptors (Lipinski definition) is 2. The average molecular weight is 310 g/mol. The fraction of sp³-hybridized carbons (Fsp3) is 0.778. The predicted octanol–water partition coefficient (Wildman–Crippen LogP) is 3.72. The number of carbonyl (C=O) groups is 2. The summed E-state index contributed by atoms with van der Waals surface area (Å²) in [5.74, 6) is -0.373. The van der Waals surface area contributed by atoms with E-state index in [4.69, 9.17) is 0 Å². The Labute approximate surface area is 136 Å². The highest BCUT2D eigenvalue weighted by molar-refractivity contribution is 5.96. The normalized spacial score (nSPS) is 10.8. The van der Waals surface area contributed by atoms with Crippen LogP contribution < -0.4 is 10.6 Å². The SMILES string of the molecule is CCCCCCCNC(=O)C=CC(=O)NCCCCCCC. The zero-order valence-electron chi connectivity index (χ0n) is 14.5. The second kappa shape index (κ2) is 16.1. The van der Waals surface area contributed by atoms with Gasteiger partial charge in [0.1, 0.15) is 0 Å². The van der Waals surface area contributed by atoms with Gasteiger partial charge in [-0.05, 0) is 12.8 Å². The van der Waals surface area contributed by atoms with Gasteiger partial charge >= 0.3 is 0 Å². The molecule has 0 spiro atoms. The summed E-state index contributed by atoms with van der Waals surface area (Å²) in [4.78, 5) is 23.0. The summed E-state index contributed by atoms with van der Waals surface area (Å²) in [6.07, 6.45) is 14.4. The highest BCUT2D eigenvalue weighted by Crippen LogP contribution is 2.01. The van der Waals surface area contributed by atoms with Crippen molar-refractivity contribution in [2.24, 2.45) is 0 Å². The maximum Gasteiger partial charge on any atom is 0.244 e. The average Bonchev–Trinajstić information content (AvgIpc) is 2.52. The van der Waals surface area contributed by atoms with E-state index < -0.39 is 0 Å². The Morgan fingerprint density at radius 1 is 0.636 bits per heavy atom. The summed E-state index contributed by atoms with van der Waals surface area (Å²) >= 11 is 0. The highest BCUT2D eigenvalue weighted by Gasteiger charge is 1.98. The second-order valence-electron chi connectivity index (χ2n) is 5.74. The summed E-state index contributed by atoms with van der Waals surface area (Å²) in [6, 6.07) is 0. The van der Waals surface area contributed by atoms with Crippen molar-refractivity contribution in [1.29, 1.82) is 0 Å². The Morgan fingerprint density at radius 2 is 1.00 bits per heavy atom. The van der Waals surface area contributed by atoms with Crippen molar-refractivity contribution in [3.05, 3.63) is 12.2 Å². The topological polar surface area (TPSA) is 58.2 Å². The van der Waals surface area contributed by atoms with Crippen LogP contribution in [0.5, 0.6) is 0 Å². The van der Waals surface area contributed by atoms with Gasteiger partial charge < -0.3 is 10.6 Å². The van der Waals surface area contributed by atoms with E-state index in [1.807, 2.05) is 0 Å². The summed E-state index contributed by atoms with van der Waals surface area (Å²) in [5.41, 5.74) is 0. The van der Waals surface area contributed by atoms with Gasteiger partial charge in [-0.25, -0.2) is 0 Å². The lowest BCUT2D eigenvalue weighted by molar-refractivity contribution is -0.118. The van der Waals surface area contributed by atoms with Crippen molar-refractivity contribution in [2.45, 2.75) is 78.1 Å². The Balaban J connectivity index is 3.51. The van der Waals surface area contributed by atoms with Gasteiger partial charge in [0, 0.05) is 25.2 Å². The van der Waals surface area contributed by atoms with Crippen LogP contribution >= 0.6 is 0 Å². The van der Waals surface area contributed by atoms with E-state index in [0.717, 1.165) is 25.7 Å². The standard InChI is InChI=1S/C18H34N2O2/c1-3-5-7-9-11-15-19-17(21)13-14-18(22)20-16-12-10-8-6-4-2/h13-14H,3-12,15-16H2,1-2H3,(H,19,21)(H,20,22). The van der Waals surface area contributed by atoms with Gasteiger partial charge in [-0.15, -0.1) is 0 Å². The molecule has 0 rings (SSSR count). The van der Waals surface area contributed by atoms with Crippen molar-refractivity contribution in [1.82, 2.24) is 10.6 Å². The van der Waals surface area contributed by atoms with Crippen LogP contribution in [-0.2, 0) is 9.59 Å². The minimum absolute atomic E-state index is 0.186. The van der Waals surface area contributed by atoms with E-state index in [2.05, 4.69) is 24.5 Å². The fourth-order valence-electron chi connectivity index (χ4n) is 2.15. The number of hydrogen-bond donors (Lipinski definition) is 2. The van der Waals surface area contributed by atoms with E-state index in [1.165, 1.54) is 50.7 Å². The lowest BCUT2D eigenvalue weighted by atomic mass is 10.1. The van der Waals surface area contributed by atoms with Gasteiger partial charge in [0.15, 0.2) is 0 Å². The van der Waals surface area contributed by atoms with Gasteiger partial charge in [-0.2, -0.15) is 0 Å². The van der Waals surface area contributed by atoms with Gasteiger partial charge in [0.25, 0.3) is 0 Å². The zero-order valence-corrected chi connectivity index (χ0v) is 14.5. The quantitative estimate of drug-likeness (QED) is 0.379. The molecular formula is C18H34N2O2. The predicted molar refractivity (Wildman–Crippen MR) is 92.7 cm³/mol. The van der Waals surface area contributed by atoms with E-state index in [9.17, 15) is 9.59 Å². The summed E-state index contributed by atoms with van der Waals surface area (Å²) < 4.78 is 0. The fourth-order valence-corrected chi connectivity index (χ4v) is 2.15. The van der Waals surface area contributed by atoms with Crippen LogP contribution in [0.3, 0.4) is 0 Å². The third kappa shape index (κ3) is 15.1. The molecule has 0 saturated carbocycles. The first-order valence-corrected chi connectivity index (χ1v) is 8.94. The molecule has 0 unspecified atom stereocenters. The minimum atomic E-state index is -0.186. The minimum Gasteiger partial charge on any atom is -0.353 e. The molecule has 0 heterocycles. The van der Waals surface area contributed by atoms with Crippen LogP contribution in [0.4, 0.5) is 0 Å². The smallest absolute Gasteiger partial charge is 0.244 e. The van der Waals surface area contributed by atoms with Crippen LogP contribution in [0.1, 0.15) is 78.1 Å². The molecule has 0 fully saturated rings. The van der Waals surface area contributed by atoms with E-state index >= 15 is 0 Å². The summed E-state index contributed by atoms with van der Waals surface area (Å²) in [6.45, 7) is 5.74. The van der Waals surface area contributed by atoms with Crippen LogP contribution in [0.15, 0.2) is 12.2 Å². The molecule has 4 heteroatoms. The molecule has 0 aliphatic carbocycles. The van der Waals surface area contributed by atoms with Crippen molar-refractivity contribution in [3.8, 4) is 0 Å². The largest absolute Gasteiger partial charge is 0.353 e. The molecule has 128 valence electrons. The monoisotopic (exact) mass is 310 g/mol. The molecule has 0 aromatic rings. The molecule has 0 saturated heterocycles. The Kier molecular flexibility index (Phi) is 15.1. The molecule has 4 nitrogen and oxygen atoms in total. The lowest BCUT2D eigenvalue weighted by Crippen LogP contribution is -2.25. The molecule has 0 radical (unpaired) electrons. The Morgan fingerprint density at radius 3 is 1.36 bits per heavy atom. The van der Waals surface area contributed by atoms with Crippen LogP contribution in [0.2, 0.25) is 0 Å². The summed E-state index contributed by atoms with van der Waals surface area (Å²) in [5, 5.41) is 5.60. The molecule has 0 aliphatic rings. The molecule has 0 aromatic carbocycles. The third-order valence-electron chi connectivity index (χ3n) is 3.55. The Hall–Kier alpha value is -1.32. The van der Waals surface area contributed by atoms with E-state index in [1.54, 1.807) is 0 Å². The molecule has 22 heavy (non-hydrogen) atoms. The number of unbranched alkanes of at least 4 members (excludes halogenated alkanes) is 8. The molecular weight excluding hydrogens is 276 g/mol. The van der Waals surface area contributed by atoms with Crippen molar-refractivity contribution in [2.75, 3.05) is 13.1 Å². The van der Waals surface area contributed by atoms with Crippen molar-refractivity contribution < 1.29 is 9.59 Å². The first-order chi connectivity index (χ1) is 10.7. The maximum atomic E-state index is 11.5. The van der Waals surface area contributed by atoms with Gasteiger partial charge in [0.05, 0.1) is 0 Å².